The summed E-state index contributed by atoms with van der Waals surface area (Å²) >= 11 is 0. The molecule has 100 valence electrons. The Kier molecular flexibility index (Phi) is 3.78. The van der Waals surface area contributed by atoms with Crippen LogP contribution in [0.15, 0.2) is 24.3 Å². The van der Waals surface area contributed by atoms with Gasteiger partial charge in [-0.05, 0) is 17.5 Å². The molecule has 2 rings (SSSR count). The molecule has 3 atom stereocenters. The summed E-state index contributed by atoms with van der Waals surface area (Å²) in [7, 11) is -3.06. The van der Waals surface area contributed by atoms with E-state index < -0.39 is 9.84 Å². The lowest BCUT2D eigenvalue weighted by atomic mass is 10.1. The van der Waals surface area contributed by atoms with Gasteiger partial charge in [-0.15, -0.1) is 0 Å². The molecule has 1 fully saturated rings. The Bertz CT molecular complexity index is 504. The number of hydrogen-bond donors (Lipinski definition) is 1. The highest BCUT2D eigenvalue weighted by Crippen LogP contribution is 2.52. The molecule has 0 aliphatic heterocycles. The summed E-state index contributed by atoms with van der Waals surface area (Å²) in [6, 6.07) is 8.07. The minimum atomic E-state index is -3.06. The van der Waals surface area contributed by atoms with E-state index in [4.69, 9.17) is 0 Å². The fourth-order valence-electron chi connectivity index (χ4n) is 2.65. The first kappa shape index (κ1) is 13.6. The quantitative estimate of drug-likeness (QED) is 0.885. The summed E-state index contributed by atoms with van der Waals surface area (Å²) in [6.45, 7) is 3.70. The molecular weight excluding hydrogens is 248 g/mol. The molecule has 0 amide bonds. The van der Waals surface area contributed by atoms with Gasteiger partial charge >= 0.3 is 0 Å². The van der Waals surface area contributed by atoms with Crippen LogP contribution >= 0.6 is 0 Å². The topological polar surface area (TPSA) is 54.4 Å². The standard InChI is InChI=1S/C14H20O3S/c1-3-10-5-7-11(8-6-10)13-12(9-15)14(13)18(16,17)4-2/h5-8,12-15H,3-4,9H2,1-2H3/t12-,13+,14+/m1/s1. The van der Waals surface area contributed by atoms with E-state index in [1.54, 1.807) is 6.92 Å². The smallest absolute Gasteiger partial charge is 0.153 e. The minimum Gasteiger partial charge on any atom is -0.396 e. The van der Waals surface area contributed by atoms with Crippen molar-refractivity contribution in [3.8, 4) is 0 Å². The second-order valence-corrected chi connectivity index (χ2v) is 7.33. The van der Waals surface area contributed by atoms with Crippen molar-refractivity contribution in [3.05, 3.63) is 35.4 Å². The van der Waals surface area contributed by atoms with Crippen LogP contribution in [0.1, 0.15) is 30.9 Å². The van der Waals surface area contributed by atoms with Crippen LogP contribution in [0.5, 0.6) is 0 Å². The molecule has 0 radical (unpaired) electrons. The molecule has 0 heterocycles. The SMILES string of the molecule is CCc1ccc([C@H]2[C@@H](CO)[C@@H]2S(=O)(=O)CC)cc1. The highest BCUT2D eigenvalue weighted by Gasteiger charge is 2.57. The van der Waals surface area contributed by atoms with E-state index in [2.05, 4.69) is 6.92 Å². The first-order valence-electron chi connectivity index (χ1n) is 6.46. The number of hydrogen-bond acceptors (Lipinski definition) is 3. The van der Waals surface area contributed by atoms with Gasteiger partial charge in [0.1, 0.15) is 0 Å². The van der Waals surface area contributed by atoms with Crippen LogP contribution in [-0.4, -0.2) is 31.1 Å². The van der Waals surface area contributed by atoms with Crippen molar-refractivity contribution >= 4 is 9.84 Å². The first-order chi connectivity index (χ1) is 8.55. The van der Waals surface area contributed by atoms with E-state index in [1.807, 2.05) is 24.3 Å². The molecule has 1 aliphatic rings. The molecule has 3 nitrogen and oxygen atoms in total. The average molecular weight is 268 g/mol. The summed E-state index contributed by atoms with van der Waals surface area (Å²) in [5.74, 6) is 0.00540. The molecular formula is C14H20O3S. The van der Waals surface area contributed by atoms with Crippen molar-refractivity contribution in [2.24, 2.45) is 5.92 Å². The first-order valence-corrected chi connectivity index (χ1v) is 8.18. The molecule has 18 heavy (non-hydrogen) atoms. The summed E-state index contributed by atoms with van der Waals surface area (Å²) in [5, 5.41) is 8.91. The molecule has 4 heteroatoms. The van der Waals surface area contributed by atoms with Gasteiger partial charge in [0.05, 0.1) is 5.25 Å². The zero-order chi connectivity index (χ0) is 13.3. The molecule has 0 bridgehead atoms. The highest BCUT2D eigenvalue weighted by molar-refractivity contribution is 7.92. The third-order valence-electron chi connectivity index (χ3n) is 3.90. The summed E-state index contributed by atoms with van der Waals surface area (Å²) in [5.41, 5.74) is 2.28. The number of aliphatic hydroxyl groups excluding tert-OH is 1. The summed E-state index contributed by atoms with van der Waals surface area (Å²) in [4.78, 5) is 0. The number of sulfone groups is 1. The van der Waals surface area contributed by atoms with E-state index in [1.165, 1.54) is 5.56 Å². The van der Waals surface area contributed by atoms with Crippen LogP contribution in [-0.2, 0) is 16.3 Å². The molecule has 1 N–H and O–H groups in total. The molecule has 0 unspecified atom stereocenters. The maximum absolute atomic E-state index is 11.9. The normalized spacial score (nSPS) is 27.2. The van der Waals surface area contributed by atoms with Gasteiger partial charge in [-0.3, -0.25) is 0 Å². The zero-order valence-electron chi connectivity index (χ0n) is 10.8. The molecule has 1 saturated carbocycles. The zero-order valence-corrected chi connectivity index (χ0v) is 11.7. The number of rotatable bonds is 5. The Hall–Kier alpha value is -0.870. The fourth-order valence-corrected chi connectivity index (χ4v) is 4.54. The molecule has 1 aromatic carbocycles. The van der Waals surface area contributed by atoms with Gasteiger partial charge in [0.25, 0.3) is 0 Å². The molecule has 1 aliphatic carbocycles. The lowest BCUT2D eigenvalue weighted by Crippen LogP contribution is -2.13. The van der Waals surface area contributed by atoms with Crippen molar-refractivity contribution in [3.63, 3.8) is 0 Å². The van der Waals surface area contributed by atoms with Gasteiger partial charge in [0.2, 0.25) is 0 Å². The molecule has 0 saturated heterocycles. The van der Waals surface area contributed by atoms with Crippen molar-refractivity contribution in [1.29, 1.82) is 0 Å². The Morgan fingerprint density at radius 1 is 1.17 bits per heavy atom. The van der Waals surface area contributed by atoms with Crippen LogP contribution in [0.25, 0.3) is 0 Å². The highest BCUT2D eigenvalue weighted by atomic mass is 32.2. The summed E-state index contributed by atoms with van der Waals surface area (Å²) in [6.07, 6.45) is 0.977. The largest absolute Gasteiger partial charge is 0.396 e. The van der Waals surface area contributed by atoms with Gasteiger partial charge < -0.3 is 5.11 Å². The van der Waals surface area contributed by atoms with Crippen molar-refractivity contribution in [2.75, 3.05) is 12.4 Å². The number of aliphatic hydroxyl groups is 1. The second-order valence-electron chi connectivity index (χ2n) is 4.88. The van der Waals surface area contributed by atoms with Gasteiger partial charge in [-0.2, -0.15) is 0 Å². The monoisotopic (exact) mass is 268 g/mol. The Balaban J connectivity index is 2.23. The maximum atomic E-state index is 11.9. The predicted octanol–water partition coefficient (Wildman–Crippen LogP) is 1.76. The van der Waals surface area contributed by atoms with Gasteiger partial charge in [-0.1, -0.05) is 38.1 Å². The van der Waals surface area contributed by atoms with Crippen molar-refractivity contribution < 1.29 is 13.5 Å². The van der Waals surface area contributed by atoms with Crippen LogP contribution in [0.2, 0.25) is 0 Å². The third kappa shape index (κ3) is 2.31. The van der Waals surface area contributed by atoms with E-state index in [-0.39, 0.29) is 29.4 Å². The van der Waals surface area contributed by atoms with Gasteiger partial charge in [-0.25, -0.2) is 8.42 Å². The second kappa shape index (κ2) is 5.02. The molecule has 1 aromatic rings. The molecule has 0 aromatic heterocycles. The lowest BCUT2D eigenvalue weighted by Gasteiger charge is -2.02. The third-order valence-corrected chi connectivity index (χ3v) is 6.17. The van der Waals surface area contributed by atoms with E-state index in [9.17, 15) is 13.5 Å². The Labute approximate surface area is 109 Å². The average Bonchev–Trinajstić information content (AvgIpc) is 3.14. The van der Waals surface area contributed by atoms with Crippen molar-refractivity contribution in [1.82, 2.24) is 0 Å². The molecule has 0 spiro atoms. The van der Waals surface area contributed by atoms with Crippen LogP contribution in [0.4, 0.5) is 0 Å². The van der Waals surface area contributed by atoms with E-state index >= 15 is 0 Å². The predicted molar refractivity (Wildman–Crippen MR) is 72.4 cm³/mol. The van der Waals surface area contributed by atoms with Crippen LogP contribution in [0, 0.1) is 5.92 Å². The fraction of sp³-hybridized carbons (Fsp3) is 0.571. The van der Waals surface area contributed by atoms with Gasteiger partial charge in [0.15, 0.2) is 9.84 Å². The lowest BCUT2D eigenvalue weighted by molar-refractivity contribution is 0.274. The Morgan fingerprint density at radius 3 is 2.22 bits per heavy atom. The number of aryl methyl sites for hydroxylation is 1. The maximum Gasteiger partial charge on any atom is 0.153 e. The summed E-state index contributed by atoms with van der Waals surface area (Å²) < 4.78 is 23.9. The Morgan fingerprint density at radius 2 is 1.78 bits per heavy atom. The van der Waals surface area contributed by atoms with Crippen molar-refractivity contribution in [2.45, 2.75) is 31.4 Å². The van der Waals surface area contributed by atoms with Crippen LogP contribution in [0.3, 0.4) is 0 Å². The minimum absolute atomic E-state index is 0.0224. The van der Waals surface area contributed by atoms with E-state index in [0.29, 0.717) is 0 Å². The van der Waals surface area contributed by atoms with Gasteiger partial charge in [0, 0.05) is 24.2 Å². The number of benzene rings is 1. The van der Waals surface area contributed by atoms with Crippen LogP contribution < -0.4 is 0 Å². The van der Waals surface area contributed by atoms with E-state index in [0.717, 1.165) is 12.0 Å².